The largest absolute Gasteiger partial charge is 0.494 e. The van der Waals surface area contributed by atoms with E-state index in [1.54, 1.807) is 0 Å². The van der Waals surface area contributed by atoms with Gasteiger partial charge < -0.3 is 10.2 Å². The van der Waals surface area contributed by atoms with Crippen LogP contribution in [-0.2, 0) is 6.42 Å². The van der Waals surface area contributed by atoms with Crippen LogP contribution < -0.4 is 16.0 Å². The van der Waals surface area contributed by atoms with Gasteiger partial charge in [-0.25, -0.2) is 10.8 Å². The molecule has 17 heavy (non-hydrogen) atoms. The molecule has 0 spiro atoms. The predicted molar refractivity (Wildman–Crippen MR) is 69.6 cm³/mol. The number of hydrogen-bond donors (Lipinski definition) is 2. The minimum absolute atomic E-state index is 0.786. The fourth-order valence-corrected chi connectivity index (χ4v) is 1.85. The van der Waals surface area contributed by atoms with Crippen molar-refractivity contribution in [1.29, 1.82) is 0 Å². The molecule has 0 atom stereocenters. The van der Waals surface area contributed by atoms with Crippen LogP contribution in [-0.4, -0.2) is 12.4 Å². The van der Waals surface area contributed by atoms with Crippen LogP contribution >= 0.6 is 0 Å². The number of amidine groups is 1. The smallest absolute Gasteiger partial charge is 0.119 e. The molecule has 1 aromatic rings. The Morgan fingerprint density at radius 1 is 1.41 bits per heavy atom. The van der Waals surface area contributed by atoms with Crippen molar-refractivity contribution in [3.05, 3.63) is 23.8 Å². The SMILES string of the molecule is CCCCOc1ccc2c(c1)CCC(NN)=N2. The van der Waals surface area contributed by atoms with Crippen LogP contribution in [0.5, 0.6) is 5.75 Å². The normalized spacial score (nSPS) is 13.9. The molecule has 1 aromatic carbocycles. The van der Waals surface area contributed by atoms with Crippen molar-refractivity contribution in [2.45, 2.75) is 32.6 Å². The molecular weight excluding hydrogens is 214 g/mol. The highest BCUT2D eigenvalue weighted by atomic mass is 16.5. The molecule has 4 heteroatoms. The second kappa shape index (κ2) is 5.68. The van der Waals surface area contributed by atoms with Gasteiger partial charge in [0.1, 0.15) is 11.6 Å². The van der Waals surface area contributed by atoms with E-state index in [4.69, 9.17) is 10.6 Å². The molecule has 0 bridgehead atoms. The molecule has 1 aliphatic rings. The van der Waals surface area contributed by atoms with Gasteiger partial charge >= 0.3 is 0 Å². The second-order valence-electron chi connectivity index (χ2n) is 4.20. The van der Waals surface area contributed by atoms with Crippen LogP contribution in [0.3, 0.4) is 0 Å². The lowest BCUT2D eigenvalue weighted by Crippen LogP contribution is -2.31. The summed E-state index contributed by atoms with van der Waals surface area (Å²) < 4.78 is 5.68. The fraction of sp³-hybridized carbons (Fsp3) is 0.462. The Bertz CT molecular complexity index is 415. The first-order valence-corrected chi connectivity index (χ1v) is 6.13. The lowest BCUT2D eigenvalue weighted by molar-refractivity contribution is 0.309. The molecule has 1 heterocycles. The molecule has 3 N–H and O–H groups in total. The highest BCUT2D eigenvalue weighted by molar-refractivity contribution is 5.86. The number of nitrogens with two attached hydrogens (primary N) is 1. The third kappa shape index (κ3) is 2.97. The summed E-state index contributed by atoms with van der Waals surface area (Å²) in [6.45, 7) is 2.94. The maximum absolute atomic E-state index is 5.68. The summed E-state index contributed by atoms with van der Waals surface area (Å²) in [4.78, 5) is 4.43. The van der Waals surface area contributed by atoms with E-state index in [-0.39, 0.29) is 0 Å². The fourth-order valence-electron chi connectivity index (χ4n) is 1.85. The number of rotatable bonds is 4. The van der Waals surface area contributed by atoms with Crippen molar-refractivity contribution in [3.63, 3.8) is 0 Å². The van der Waals surface area contributed by atoms with Gasteiger partial charge in [-0.15, -0.1) is 0 Å². The van der Waals surface area contributed by atoms with E-state index in [2.05, 4.69) is 23.4 Å². The number of ether oxygens (including phenoxy) is 1. The van der Waals surface area contributed by atoms with E-state index in [0.717, 1.165) is 49.6 Å². The topological polar surface area (TPSA) is 59.6 Å². The molecule has 1 aliphatic heterocycles. The number of aryl methyl sites for hydroxylation is 1. The zero-order chi connectivity index (χ0) is 12.1. The molecule has 4 nitrogen and oxygen atoms in total. The van der Waals surface area contributed by atoms with Crippen LogP contribution in [0.2, 0.25) is 0 Å². The van der Waals surface area contributed by atoms with Crippen LogP contribution in [0.15, 0.2) is 23.2 Å². The van der Waals surface area contributed by atoms with Gasteiger partial charge in [0.05, 0.1) is 12.3 Å². The zero-order valence-electron chi connectivity index (χ0n) is 10.2. The molecule has 0 saturated carbocycles. The van der Waals surface area contributed by atoms with Crippen molar-refractivity contribution in [2.75, 3.05) is 6.61 Å². The van der Waals surface area contributed by atoms with Gasteiger partial charge in [0.2, 0.25) is 0 Å². The second-order valence-corrected chi connectivity index (χ2v) is 4.20. The molecule has 0 fully saturated rings. The third-order valence-electron chi connectivity index (χ3n) is 2.87. The lowest BCUT2D eigenvalue weighted by atomic mass is 10.0. The minimum atomic E-state index is 0.786. The number of hydrazine groups is 1. The van der Waals surface area contributed by atoms with E-state index in [9.17, 15) is 0 Å². The lowest BCUT2D eigenvalue weighted by Gasteiger charge is -2.16. The quantitative estimate of drug-likeness (QED) is 0.476. The Hall–Kier alpha value is -1.55. The summed E-state index contributed by atoms with van der Waals surface area (Å²) in [6, 6.07) is 6.05. The van der Waals surface area contributed by atoms with Gasteiger partial charge in [0.25, 0.3) is 0 Å². The van der Waals surface area contributed by atoms with Gasteiger partial charge in [0.15, 0.2) is 0 Å². The van der Waals surface area contributed by atoms with Crippen LogP contribution in [0.25, 0.3) is 0 Å². The van der Waals surface area contributed by atoms with E-state index >= 15 is 0 Å². The summed E-state index contributed by atoms with van der Waals surface area (Å²) in [5.41, 5.74) is 4.85. The first-order chi connectivity index (χ1) is 8.33. The molecule has 0 radical (unpaired) electrons. The maximum Gasteiger partial charge on any atom is 0.119 e. The highest BCUT2D eigenvalue weighted by Crippen LogP contribution is 2.29. The van der Waals surface area contributed by atoms with Crippen LogP contribution in [0.1, 0.15) is 31.7 Å². The number of aliphatic imine (C=N–C) groups is 1. The first kappa shape index (κ1) is 11.9. The van der Waals surface area contributed by atoms with E-state index in [1.807, 2.05) is 12.1 Å². The average molecular weight is 233 g/mol. The monoisotopic (exact) mass is 233 g/mol. The molecule has 2 rings (SSSR count). The molecule has 0 amide bonds. The molecule has 92 valence electrons. The number of fused-ring (bicyclic) bond motifs is 1. The summed E-state index contributed by atoms with van der Waals surface area (Å²) >= 11 is 0. The Balaban J connectivity index is 2.08. The minimum Gasteiger partial charge on any atom is -0.494 e. The van der Waals surface area contributed by atoms with Crippen molar-refractivity contribution in [3.8, 4) is 5.75 Å². The summed E-state index contributed by atoms with van der Waals surface area (Å²) in [6.07, 6.45) is 4.07. The highest BCUT2D eigenvalue weighted by Gasteiger charge is 2.11. The van der Waals surface area contributed by atoms with Gasteiger partial charge in [0, 0.05) is 6.42 Å². The van der Waals surface area contributed by atoms with Crippen LogP contribution in [0, 0.1) is 0 Å². The van der Waals surface area contributed by atoms with Gasteiger partial charge in [-0.3, -0.25) is 0 Å². The van der Waals surface area contributed by atoms with Crippen molar-refractivity contribution >= 4 is 11.5 Å². The Kier molecular flexibility index (Phi) is 3.98. The van der Waals surface area contributed by atoms with Gasteiger partial charge in [-0.2, -0.15) is 0 Å². The van der Waals surface area contributed by atoms with Crippen molar-refractivity contribution in [2.24, 2.45) is 10.8 Å². The Morgan fingerprint density at radius 2 is 2.29 bits per heavy atom. The van der Waals surface area contributed by atoms with E-state index in [0.29, 0.717) is 0 Å². The number of unbranched alkanes of at least 4 members (excludes halogenated alkanes) is 1. The summed E-state index contributed by atoms with van der Waals surface area (Å²) in [5.74, 6) is 7.15. The standard InChI is InChI=1S/C13H19N3O/c1-2-3-8-17-11-5-6-12-10(9-11)4-7-13(15-12)16-14/h5-6,9H,2-4,7-8,14H2,1H3,(H,15,16). The number of benzene rings is 1. The van der Waals surface area contributed by atoms with E-state index in [1.165, 1.54) is 5.56 Å². The molecular formula is C13H19N3O. The predicted octanol–water partition coefficient (Wildman–Crippen LogP) is 2.31. The maximum atomic E-state index is 5.68. The molecule has 0 aromatic heterocycles. The number of nitrogens with zero attached hydrogens (tertiary/aromatic N) is 1. The number of hydrogen-bond acceptors (Lipinski definition) is 4. The third-order valence-corrected chi connectivity index (χ3v) is 2.87. The summed E-state index contributed by atoms with van der Waals surface area (Å²) in [7, 11) is 0. The average Bonchev–Trinajstić information content (AvgIpc) is 2.38. The number of nitrogens with one attached hydrogen (secondary N) is 1. The Morgan fingerprint density at radius 3 is 3.06 bits per heavy atom. The molecule has 0 saturated heterocycles. The van der Waals surface area contributed by atoms with Crippen LogP contribution in [0.4, 0.5) is 5.69 Å². The van der Waals surface area contributed by atoms with Crippen molar-refractivity contribution < 1.29 is 4.74 Å². The van der Waals surface area contributed by atoms with Crippen molar-refractivity contribution in [1.82, 2.24) is 5.43 Å². The molecule has 0 aliphatic carbocycles. The Labute approximate surface area is 102 Å². The molecule has 0 unspecified atom stereocenters. The first-order valence-electron chi connectivity index (χ1n) is 6.13. The van der Waals surface area contributed by atoms with E-state index < -0.39 is 0 Å². The zero-order valence-corrected chi connectivity index (χ0v) is 10.2. The van der Waals surface area contributed by atoms with Gasteiger partial charge in [-0.1, -0.05) is 13.3 Å². The summed E-state index contributed by atoms with van der Waals surface area (Å²) in [5, 5.41) is 0. The van der Waals surface area contributed by atoms with Gasteiger partial charge in [-0.05, 0) is 36.6 Å².